The van der Waals surface area contributed by atoms with Crippen LogP contribution in [0.3, 0.4) is 0 Å². The van der Waals surface area contributed by atoms with Crippen LogP contribution in [0.15, 0.2) is 23.1 Å². The van der Waals surface area contributed by atoms with E-state index in [0.717, 1.165) is 6.07 Å². The van der Waals surface area contributed by atoms with E-state index in [1.807, 2.05) is 0 Å². The van der Waals surface area contributed by atoms with Crippen LogP contribution < -0.4 is 4.72 Å². The van der Waals surface area contributed by atoms with Crippen molar-refractivity contribution in [2.24, 2.45) is 5.41 Å². The molecule has 0 aromatic heterocycles. The lowest BCUT2D eigenvalue weighted by molar-refractivity contribution is 0.0696. The summed E-state index contributed by atoms with van der Waals surface area (Å²) in [5.74, 6) is -1.18. The molecule has 0 amide bonds. The molecule has 0 spiro atoms. The number of aliphatic hydroxyl groups excluding tert-OH is 1. The van der Waals surface area contributed by atoms with Crippen LogP contribution in [0.2, 0.25) is 0 Å². The molecule has 0 saturated heterocycles. The Morgan fingerprint density at radius 1 is 1.35 bits per heavy atom. The molecule has 1 aromatic carbocycles. The molecular formula is C13H19NO5S. The topological polar surface area (TPSA) is 104 Å². The summed E-state index contributed by atoms with van der Waals surface area (Å²) in [7, 11) is -3.81. The Morgan fingerprint density at radius 2 is 1.95 bits per heavy atom. The van der Waals surface area contributed by atoms with Crippen LogP contribution in [-0.2, 0) is 10.0 Å². The summed E-state index contributed by atoms with van der Waals surface area (Å²) in [6.07, 6.45) is 0. The van der Waals surface area contributed by atoms with Gasteiger partial charge < -0.3 is 10.2 Å². The summed E-state index contributed by atoms with van der Waals surface area (Å²) >= 11 is 0. The van der Waals surface area contributed by atoms with Crippen molar-refractivity contribution < 1.29 is 23.4 Å². The van der Waals surface area contributed by atoms with Crippen LogP contribution in [0.5, 0.6) is 0 Å². The van der Waals surface area contributed by atoms with Crippen LogP contribution in [-0.4, -0.2) is 37.8 Å². The molecule has 1 aromatic rings. The zero-order valence-electron chi connectivity index (χ0n) is 11.7. The predicted octanol–water partition coefficient (Wildman–Crippen LogP) is 0.990. The second-order valence-electron chi connectivity index (χ2n) is 5.43. The maximum atomic E-state index is 12.2. The van der Waals surface area contributed by atoms with E-state index in [0.29, 0.717) is 5.56 Å². The van der Waals surface area contributed by atoms with Gasteiger partial charge >= 0.3 is 5.97 Å². The quantitative estimate of drug-likeness (QED) is 0.727. The van der Waals surface area contributed by atoms with Crippen LogP contribution >= 0.6 is 0 Å². The minimum Gasteiger partial charge on any atom is -0.478 e. The van der Waals surface area contributed by atoms with Crippen molar-refractivity contribution in [1.82, 2.24) is 4.72 Å². The smallest absolute Gasteiger partial charge is 0.335 e. The third-order valence-corrected chi connectivity index (χ3v) is 4.44. The van der Waals surface area contributed by atoms with Gasteiger partial charge in [0, 0.05) is 18.6 Å². The molecule has 7 heteroatoms. The van der Waals surface area contributed by atoms with Crippen LogP contribution in [0.25, 0.3) is 0 Å². The van der Waals surface area contributed by atoms with Gasteiger partial charge in [-0.2, -0.15) is 0 Å². The van der Waals surface area contributed by atoms with E-state index in [1.165, 1.54) is 12.1 Å². The normalized spacial score (nSPS) is 12.4. The zero-order valence-corrected chi connectivity index (χ0v) is 12.5. The molecule has 20 heavy (non-hydrogen) atoms. The highest BCUT2D eigenvalue weighted by Gasteiger charge is 2.23. The molecule has 1 rings (SSSR count). The second-order valence-corrected chi connectivity index (χ2v) is 7.17. The molecule has 0 saturated carbocycles. The highest BCUT2D eigenvalue weighted by molar-refractivity contribution is 7.89. The van der Waals surface area contributed by atoms with Crippen molar-refractivity contribution in [1.29, 1.82) is 0 Å². The van der Waals surface area contributed by atoms with Crippen molar-refractivity contribution in [2.45, 2.75) is 25.7 Å². The molecule has 112 valence electrons. The predicted molar refractivity (Wildman–Crippen MR) is 74.2 cm³/mol. The van der Waals surface area contributed by atoms with Gasteiger partial charge in [-0.05, 0) is 24.6 Å². The Morgan fingerprint density at radius 3 is 2.45 bits per heavy atom. The van der Waals surface area contributed by atoms with Gasteiger partial charge in [0.15, 0.2) is 0 Å². The Bertz CT molecular complexity index is 607. The Labute approximate surface area is 118 Å². The number of rotatable bonds is 6. The zero-order chi connectivity index (χ0) is 15.6. The van der Waals surface area contributed by atoms with Crippen LogP contribution in [0, 0.1) is 12.3 Å². The fraction of sp³-hybridized carbons (Fsp3) is 0.462. The summed E-state index contributed by atoms with van der Waals surface area (Å²) in [6, 6.07) is 3.94. The lowest BCUT2D eigenvalue weighted by Crippen LogP contribution is -2.36. The van der Waals surface area contributed by atoms with Crippen molar-refractivity contribution >= 4 is 16.0 Å². The van der Waals surface area contributed by atoms with E-state index < -0.39 is 21.4 Å². The molecule has 0 radical (unpaired) electrons. The van der Waals surface area contributed by atoms with E-state index in [9.17, 15) is 13.2 Å². The first kappa shape index (κ1) is 16.6. The number of hydrogen-bond acceptors (Lipinski definition) is 4. The van der Waals surface area contributed by atoms with Crippen molar-refractivity contribution in [3.05, 3.63) is 29.3 Å². The van der Waals surface area contributed by atoms with E-state index in [4.69, 9.17) is 10.2 Å². The molecule has 0 aliphatic heterocycles. The SMILES string of the molecule is Cc1ccc(C(=O)O)cc1S(=O)(=O)NCC(C)(C)CO. The lowest BCUT2D eigenvalue weighted by Gasteiger charge is -2.22. The van der Waals surface area contributed by atoms with Gasteiger partial charge in [0.2, 0.25) is 10.0 Å². The highest BCUT2D eigenvalue weighted by Crippen LogP contribution is 2.19. The number of benzene rings is 1. The van der Waals surface area contributed by atoms with Crippen LogP contribution in [0.1, 0.15) is 29.8 Å². The number of nitrogens with one attached hydrogen (secondary N) is 1. The summed E-state index contributed by atoms with van der Waals surface area (Å²) in [4.78, 5) is 10.8. The van der Waals surface area contributed by atoms with Gasteiger partial charge in [-0.15, -0.1) is 0 Å². The van der Waals surface area contributed by atoms with Gasteiger partial charge in [-0.1, -0.05) is 19.9 Å². The standard InChI is InChI=1S/C13H19NO5S/c1-9-4-5-10(12(16)17)6-11(9)20(18,19)14-7-13(2,3)8-15/h4-6,14-15H,7-8H2,1-3H3,(H,16,17). The van der Waals surface area contributed by atoms with E-state index in [-0.39, 0.29) is 23.6 Å². The monoisotopic (exact) mass is 301 g/mol. The molecule has 0 heterocycles. The Hall–Kier alpha value is -1.44. The Kier molecular flexibility index (Phi) is 4.90. The largest absolute Gasteiger partial charge is 0.478 e. The number of aromatic carboxylic acids is 1. The van der Waals surface area contributed by atoms with Crippen molar-refractivity contribution in [3.63, 3.8) is 0 Å². The van der Waals surface area contributed by atoms with Gasteiger partial charge in [0.25, 0.3) is 0 Å². The molecule has 0 atom stereocenters. The number of aryl methyl sites for hydroxylation is 1. The first-order valence-electron chi connectivity index (χ1n) is 6.03. The van der Waals surface area contributed by atoms with Crippen molar-refractivity contribution in [2.75, 3.05) is 13.2 Å². The molecule has 0 aliphatic rings. The van der Waals surface area contributed by atoms with Gasteiger partial charge in [-0.3, -0.25) is 0 Å². The fourth-order valence-corrected chi connectivity index (χ4v) is 2.96. The van der Waals surface area contributed by atoms with Gasteiger partial charge in [0.05, 0.1) is 10.5 Å². The molecule has 0 aliphatic carbocycles. The lowest BCUT2D eigenvalue weighted by atomic mass is 9.96. The number of sulfonamides is 1. The molecule has 3 N–H and O–H groups in total. The van der Waals surface area contributed by atoms with E-state index >= 15 is 0 Å². The number of hydrogen-bond donors (Lipinski definition) is 3. The molecule has 6 nitrogen and oxygen atoms in total. The summed E-state index contributed by atoms with van der Waals surface area (Å²) in [5.41, 5.74) is -0.215. The Balaban J connectivity index is 3.09. The third kappa shape index (κ3) is 4.03. The maximum absolute atomic E-state index is 12.2. The fourth-order valence-electron chi connectivity index (χ4n) is 1.45. The number of carboxylic acid groups (broad SMARTS) is 1. The molecule has 0 bridgehead atoms. The minimum atomic E-state index is -3.81. The average molecular weight is 301 g/mol. The minimum absolute atomic E-state index is 0.0581. The van der Waals surface area contributed by atoms with Crippen LogP contribution in [0.4, 0.5) is 0 Å². The third-order valence-electron chi connectivity index (χ3n) is 2.89. The maximum Gasteiger partial charge on any atom is 0.335 e. The summed E-state index contributed by atoms with van der Waals surface area (Å²) < 4.78 is 26.8. The molecule has 0 fully saturated rings. The average Bonchev–Trinajstić information content (AvgIpc) is 2.37. The first-order chi connectivity index (χ1) is 9.09. The molecule has 0 unspecified atom stereocenters. The second kappa shape index (κ2) is 5.90. The van der Waals surface area contributed by atoms with Gasteiger partial charge in [-0.25, -0.2) is 17.9 Å². The first-order valence-corrected chi connectivity index (χ1v) is 7.52. The van der Waals surface area contributed by atoms with E-state index in [2.05, 4.69) is 4.72 Å². The summed E-state index contributed by atoms with van der Waals surface area (Å²) in [5, 5.41) is 18.0. The van der Waals surface area contributed by atoms with E-state index in [1.54, 1.807) is 20.8 Å². The van der Waals surface area contributed by atoms with Gasteiger partial charge in [0.1, 0.15) is 0 Å². The number of carboxylic acids is 1. The van der Waals surface area contributed by atoms with Crippen molar-refractivity contribution in [3.8, 4) is 0 Å². The highest BCUT2D eigenvalue weighted by atomic mass is 32.2. The number of carbonyl (C=O) groups is 1. The number of aliphatic hydroxyl groups is 1. The molecular weight excluding hydrogens is 282 g/mol. The summed E-state index contributed by atoms with van der Waals surface area (Å²) in [6.45, 7) is 4.93.